The van der Waals surface area contributed by atoms with E-state index in [1.54, 1.807) is 36.2 Å². The molecule has 0 unspecified atom stereocenters. The Kier molecular flexibility index (Phi) is 6.56. The topological polar surface area (TPSA) is 60.9 Å². The van der Waals surface area contributed by atoms with Gasteiger partial charge in [0, 0.05) is 19.3 Å². The normalized spacial score (nSPS) is 10.1. The van der Waals surface area contributed by atoms with Gasteiger partial charge >= 0.3 is 12.0 Å². The lowest BCUT2D eigenvalue weighted by molar-refractivity contribution is -0.135. The van der Waals surface area contributed by atoms with Gasteiger partial charge in [-0.1, -0.05) is 38.0 Å². The fourth-order valence-electron chi connectivity index (χ4n) is 1.91. The van der Waals surface area contributed by atoms with Crippen molar-refractivity contribution in [2.24, 2.45) is 0 Å². The molecule has 0 bridgehead atoms. The number of rotatable bonds is 7. The van der Waals surface area contributed by atoms with E-state index in [4.69, 9.17) is 5.11 Å². The van der Waals surface area contributed by atoms with Crippen LogP contribution in [-0.4, -0.2) is 42.1 Å². The van der Waals surface area contributed by atoms with Crippen molar-refractivity contribution in [2.75, 3.05) is 25.0 Å². The number of aliphatic carboxylic acids is 1. The second-order valence-electron chi connectivity index (χ2n) is 4.73. The Bertz CT molecular complexity index is 434. The summed E-state index contributed by atoms with van der Waals surface area (Å²) in [5.41, 5.74) is 0.599. The second kappa shape index (κ2) is 8.19. The first-order valence-electron chi connectivity index (χ1n) is 6.85. The van der Waals surface area contributed by atoms with Crippen LogP contribution in [0.15, 0.2) is 30.3 Å². The van der Waals surface area contributed by atoms with E-state index in [1.165, 1.54) is 4.90 Å². The molecule has 0 aliphatic carbocycles. The van der Waals surface area contributed by atoms with E-state index in [-0.39, 0.29) is 12.6 Å². The van der Waals surface area contributed by atoms with Crippen LogP contribution in [0.25, 0.3) is 0 Å². The van der Waals surface area contributed by atoms with E-state index in [1.807, 2.05) is 6.07 Å². The van der Waals surface area contributed by atoms with Crippen molar-refractivity contribution in [1.82, 2.24) is 4.90 Å². The number of carboxylic acid groups (broad SMARTS) is 1. The highest BCUT2D eigenvalue weighted by molar-refractivity contribution is 5.96. The van der Waals surface area contributed by atoms with Crippen LogP contribution in [0.2, 0.25) is 0 Å². The van der Waals surface area contributed by atoms with Crippen molar-refractivity contribution in [3.63, 3.8) is 0 Å². The number of unbranched alkanes of at least 4 members (excludes halogenated alkanes) is 2. The third kappa shape index (κ3) is 4.91. The van der Waals surface area contributed by atoms with Crippen LogP contribution in [-0.2, 0) is 4.79 Å². The number of para-hydroxylation sites is 1. The smallest absolute Gasteiger partial charge is 0.324 e. The van der Waals surface area contributed by atoms with Gasteiger partial charge in [-0.25, -0.2) is 4.79 Å². The number of carboxylic acids is 1. The molecule has 1 aromatic rings. The average Bonchev–Trinajstić information content (AvgIpc) is 2.45. The van der Waals surface area contributed by atoms with Gasteiger partial charge in [0.15, 0.2) is 0 Å². The van der Waals surface area contributed by atoms with E-state index in [0.29, 0.717) is 12.2 Å². The summed E-state index contributed by atoms with van der Waals surface area (Å²) in [6.45, 7) is 2.40. The summed E-state index contributed by atoms with van der Waals surface area (Å²) < 4.78 is 0. The minimum atomic E-state index is -1.02. The number of amides is 2. The van der Waals surface area contributed by atoms with Gasteiger partial charge in [-0.15, -0.1) is 0 Å². The van der Waals surface area contributed by atoms with E-state index < -0.39 is 5.97 Å². The molecule has 5 heteroatoms. The Labute approximate surface area is 119 Å². The van der Waals surface area contributed by atoms with E-state index in [2.05, 4.69) is 6.92 Å². The summed E-state index contributed by atoms with van der Waals surface area (Å²) in [4.78, 5) is 26.2. The molecule has 0 aromatic heterocycles. The number of hydrogen-bond donors (Lipinski definition) is 1. The molecular weight excluding hydrogens is 256 g/mol. The number of carbonyl (C=O) groups is 2. The molecule has 0 aliphatic rings. The van der Waals surface area contributed by atoms with Crippen molar-refractivity contribution in [3.8, 4) is 0 Å². The largest absolute Gasteiger partial charge is 0.480 e. The Morgan fingerprint density at radius 3 is 2.35 bits per heavy atom. The molecule has 5 nitrogen and oxygen atoms in total. The Morgan fingerprint density at radius 2 is 1.80 bits per heavy atom. The quantitative estimate of drug-likeness (QED) is 0.780. The molecular formula is C15H22N2O3. The maximum absolute atomic E-state index is 12.4. The fraction of sp³-hybridized carbons (Fsp3) is 0.467. The van der Waals surface area contributed by atoms with Crippen LogP contribution in [0.5, 0.6) is 0 Å². The maximum Gasteiger partial charge on any atom is 0.324 e. The van der Waals surface area contributed by atoms with E-state index in [0.717, 1.165) is 19.3 Å². The van der Waals surface area contributed by atoms with Crippen LogP contribution in [0.1, 0.15) is 26.2 Å². The molecule has 1 N–H and O–H groups in total. The van der Waals surface area contributed by atoms with Gasteiger partial charge in [-0.05, 0) is 18.6 Å². The Balaban J connectivity index is 2.77. The lowest BCUT2D eigenvalue weighted by Crippen LogP contribution is -2.44. The molecule has 0 radical (unpaired) electrons. The number of urea groups is 1. The highest BCUT2D eigenvalue weighted by Gasteiger charge is 2.21. The summed E-state index contributed by atoms with van der Waals surface area (Å²) in [7, 11) is 1.70. The molecule has 0 fully saturated rings. The molecule has 0 spiro atoms. The standard InChI is InChI=1S/C15H22N2O3/c1-3-4-8-11-16(2)15(20)17(12-14(18)19)13-9-6-5-7-10-13/h5-7,9-10H,3-4,8,11-12H2,1-2H3,(H,18,19). The third-order valence-electron chi connectivity index (χ3n) is 3.02. The molecule has 0 heterocycles. The van der Waals surface area contributed by atoms with Gasteiger partial charge in [-0.2, -0.15) is 0 Å². The van der Waals surface area contributed by atoms with Crippen molar-refractivity contribution in [3.05, 3.63) is 30.3 Å². The lowest BCUT2D eigenvalue weighted by atomic mass is 10.2. The average molecular weight is 278 g/mol. The highest BCUT2D eigenvalue weighted by atomic mass is 16.4. The van der Waals surface area contributed by atoms with Crippen LogP contribution < -0.4 is 4.90 Å². The first-order valence-corrected chi connectivity index (χ1v) is 6.85. The Hall–Kier alpha value is -2.04. The summed E-state index contributed by atoms with van der Waals surface area (Å²) in [5.74, 6) is -1.02. The van der Waals surface area contributed by atoms with Crippen LogP contribution in [0.3, 0.4) is 0 Å². The van der Waals surface area contributed by atoms with Crippen molar-refractivity contribution < 1.29 is 14.7 Å². The molecule has 0 saturated heterocycles. The van der Waals surface area contributed by atoms with Gasteiger partial charge in [-0.3, -0.25) is 9.69 Å². The van der Waals surface area contributed by atoms with Crippen LogP contribution >= 0.6 is 0 Å². The molecule has 1 rings (SSSR count). The van der Waals surface area contributed by atoms with Gasteiger partial charge in [0.1, 0.15) is 6.54 Å². The van der Waals surface area contributed by atoms with Gasteiger partial charge < -0.3 is 10.0 Å². The first-order chi connectivity index (χ1) is 9.56. The number of carbonyl (C=O) groups excluding carboxylic acids is 1. The lowest BCUT2D eigenvalue weighted by Gasteiger charge is -2.27. The number of benzene rings is 1. The van der Waals surface area contributed by atoms with Crippen molar-refractivity contribution >= 4 is 17.7 Å². The third-order valence-corrected chi connectivity index (χ3v) is 3.02. The molecule has 20 heavy (non-hydrogen) atoms. The predicted octanol–water partition coefficient (Wildman–Crippen LogP) is 2.82. The van der Waals surface area contributed by atoms with E-state index >= 15 is 0 Å². The summed E-state index contributed by atoms with van der Waals surface area (Å²) in [5, 5.41) is 8.98. The highest BCUT2D eigenvalue weighted by Crippen LogP contribution is 2.15. The number of hydrogen-bond acceptors (Lipinski definition) is 2. The van der Waals surface area contributed by atoms with Crippen molar-refractivity contribution in [2.45, 2.75) is 26.2 Å². The maximum atomic E-state index is 12.4. The summed E-state index contributed by atoms with van der Waals surface area (Å²) in [6.07, 6.45) is 3.07. The zero-order chi connectivity index (χ0) is 15.0. The zero-order valence-corrected chi connectivity index (χ0v) is 12.1. The minimum Gasteiger partial charge on any atom is -0.480 e. The van der Waals surface area contributed by atoms with Crippen molar-refractivity contribution in [1.29, 1.82) is 0 Å². The molecule has 1 aromatic carbocycles. The minimum absolute atomic E-state index is 0.283. The number of nitrogens with zero attached hydrogens (tertiary/aromatic N) is 2. The second-order valence-corrected chi connectivity index (χ2v) is 4.73. The first kappa shape index (κ1) is 16.0. The van der Waals surface area contributed by atoms with Gasteiger partial charge in [0.25, 0.3) is 0 Å². The predicted molar refractivity (Wildman–Crippen MR) is 79.0 cm³/mol. The monoisotopic (exact) mass is 278 g/mol. The van der Waals surface area contributed by atoms with Crippen LogP contribution in [0.4, 0.5) is 10.5 Å². The van der Waals surface area contributed by atoms with E-state index in [9.17, 15) is 9.59 Å². The fourth-order valence-corrected chi connectivity index (χ4v) is 1.91. The van der Waals surface area contributed by atoms with Gasteiger partial charge in [0.2, 0.25) is 0 Å². The number of anilines is 1. The Morgan fingerprint density at radius 1 is 1.15 bits per heavy atom. The molecule has 2 amide bonds. The SMILES string of the molecule is CCCCCN(C)C(=O)N(CC(=O)O)c1ccccc1. The zero-order valence-electron chi connectivity index (χ0n) is 12.1. The summed E-state index contributed by atoms with van der Waals surface area (Å²) in [6, 6.07) is 8.59. The summed E-state index contributed by atoms with van der Waals surface area (Å²) >= 11 is 0. The molecule has 0 saturated carbocycles. The van der Waals surface area contributed by atoms with Gasteiger partial charge in [0.05, 0.1) is 0 Å². The molecule has 0 atom stereocenters. The molecule has 0 aliphatic heterocycles. The molecule has 110 valence electrons. The van der Waals surface area contributed by atoms with Crippen LogP contribution in [0, 0.1) is 0 Å².